The van der Waals surface area contributed by atoms with Gasteiger partial charge in [-0.3, -0.25) is 4.79 Å². The summed E-state index contributed by atoms with van der Waals surface area (Å²) in [4.78, 5) is 28.7. The zero-order chi connectivity index (χ0) is 23.9. The summed E-state index contributed by atoms with van der Waals surface area (Å²) in [5, 5.41) is 9.13. The molecule has 2 saturated heterocycles. The quantitative estimate of drug-likeness (QED) is 0.452. The summed E-state index contributed by atoms with van der Waals surface area (Å²) in [6.07, 6.45) is 5.55. The first-order valence-electron chi connectivity index (χ1n) is 11.6. The number of hydrogen-bond acceptors (Lipinski definition) is 7. The molecular formula is C25H24FN7O2. The Balaban J connectivity index is 1.33. The molecule has 2 aromatic carbocycles. The molecule has 10 heteroatoms. The number of anilines is 1. The van der Waals surface area contributed by atoms with Crippen LogP contribution in [0, 0.1) is 12.7 Å². The summed E-state index contributed by atoms with van der Waals surface area (Å²) < 4.78 is 19.5. The average molecular weight is 474 g/mol. The van der Waals surface area contributed by atoms with Crippen molar-refractivity contribution in [2.45, 2.75) is 25.4 Å². The molecule has 0 N–H and O–H groups in total. The van der Waals surface area contributed by atoms with Crippen LogP contribution in [0.3, 0.4) is 0 Å². The van der Waals surface area contributed by atoms with Crippen LogP contribution >= 0.6 is 0 Å². The summed E-state index contributed by atoms with van der Waals surface area (Å²) in [5.41, 5.74) is 2.89. The first-order chi connectivity index (χ1) is 17.1. The van der Waals surface area contributed by atoms with E-state index >= 15 is 0 Å². The van der Waals surface area contributed by atoms with Gasteiger partial charge in [-0.15, -0.1) is 0 Å². The lowest BCUT2D eigenvalue weighted by Crippen LogP contribution is -2.56. The van der Waals surface area contributed by atoms with Gasteiger partial charge in [-0.1, -0.05) is 11.6 Å². The van der Waals surface area contributed by atoms with E-state index in [-0.39, 0.29) is 23.8 Å². The maximum Gasteiger partial charge on any atom is 0.256 e. The molecule has 2 fully saturated rings. The van der Waals surface area contributed by atoms with E-state index in [0.29, 0.717) is 60.8 Å². The van der Waals surface area contributed by atoms with Gasteiger partial charge in [-0.05, 0) is 43.7 Å². The van der Waals surface area contributed by atoms with Crippen molar-refractivity contribution in [2.75, 3.05) is 31.2 Å². The molecule has 2 aliphatic rings. The molecule has 2 bridgehead atoms. The molecule has 2 unspecified atom stereocenters. The van der Waals surface area contributed by atoms with Crippen LogP contribution in [0.4, 0.5) is 10.3 Å². The lowest BCUT2D eigenvalue weighted by atomic mass is 10.0. The maximum atomic E-state index is 14.0. The van der Waals surface area contributed by atoms with Crippen LogP contribution in [0.15, 0.2) is 55.0 Å². The van der Waals surface area contributed by atoms with E-state index < -0.39 is 0 Å². The molecule has 2 atom stereocenters. The lowest BCUT2D eigenvalue weighted by Gasteiger charge is -2.40. The molecule has 0 aliphatic carbocycles. The number of fused-ring (bicyclic) bond motifs is 3. The minimum atomic E-state index is -0.315. The van der Waals surface area contributed by atoms with Crippen molar-refractivity contribution < 1.29 is 13.9 Å². The molecule has 9 nitrogen and oxygen atoms in total. The fourth-order valence-electron chi connectivity index (χ4n) is 4.95. The van der Waals surface area contributed by atoms with Crippen LogP contribution in [0.2, 0.25) is 0 Å². The monoisotopic (exact) mass is 473 g/mol. The zero-order valence-electron chi connectivity index (χ0n) is 19.2. The van der Waals surface area contributed by atoms with Crippen molar-refractivity contribution in [1.82, 2.24) is 29.9 Å². The number of hydrogen-bond donors (Lipinski definition) is 0. The third-order valence-corrected chi connectivity index (χ3v) is 6.63. The van der Waals surface area contributed by atoms with E-state index in [0.717, 1.165) is 5.56 Å². The Morgan fingerprint density at radius 2 is 1.91 bits per heavy atom. The minimum absolute atomic E-state index is 0.0592. The topological polar surface area (TPSA) is 89.3 Å². The smallest absolute Gasteiger partial charge is 0.256 e. The van der Waals surface area contributed by atoms with Gasteiger partial charge in [0.05, 0.1) is 54.5 Å². The Kier molecular flexibility index (Phi) is 5.37. The largest absolute Gasteiger partial charge is 0.377 e. The number of benzene rings is 2. The molecule has 4 heterocycles. The van der Waals surface area contributed by atoms with Crippen molar-refractivity contribution in [1.29, 1.82) is 0 Å². The molecule has 1 amide bonds. The number of rotatable bonds is 3. The van der Waals surface area contributed by atoms with Crippen molar-refractivity contribution >= 4 is 22.8 Å². The lowest BCUT2D eigenvalue weighted by molar-refractivity contribution is -0.0293. The second-order valence-electron chi connectivity index (χ2n) is 9.00. The second-order valence-corrected chi connectivity index (χ2v) is 9.00. The highest BCUT2D eigenvalue weighted by Crippen LogP contribution is 2.28. The van der Waals surface area contributed by atoms with Crippen LogP contribution in [-0.2, 0) is 4.74 Å². The standard InChI is InChI=1S/C25H24FN7O2/c1-16-2-5-23(33-28-7-8-29-33)21(10-16)24(34)32-19-6-9-31(13-20(32)15-35-14-19)25-27-12-17-11-18(26)3-4-22(17)30-25/h2-5,7-8,10-12,19-20H,6,9,13-15H2,1H3. The number of carbonyl (C=O) groups excluding carboxylic acids is 1. The van der Waals surface area contributed by atoms with E-state index in [9.17, 15) is 9.18 Å². The Morgan fingerprint density at radius 3 is 2.77 bits per heavy atom. The van der Waals surface area contributed by atoms with Crippen LogP contribution < -0.4 is 4.90 Å². The SMILES string of the molecule is Cc1ccc(-n2nccn2)c(C(=O)N2C3CCN(c4ncc5cc(F)ccc5n4)CC2COC3)c1. The van der Waals surface area contributed by atoms with Crippen LogP contribution in [0.5, 0.6) is 0 Å². The van der Waals surface area contributed by atoms with Gasteiger partial charge in [0.2, 0.25) is 5.95 Å². The van der Waals surface area contributed by atoms with Gasteiger partial charge >= 0.3 is 0 Å². The molecule has 0 radical (unpaired) electrons. The third-order valence-electron chi connectivity index (χ3n) is 6.63. The number of aryl methyl sites for hydroxylation is 1. The molecular weight excluding hydrogens is 449 g/mol. The van der Waals surface area contributed by atoms with Crippen LogP contribution in [0.1, 0.15) is 22.3 Å². The summed E-state index contributed by atoms with van der Waals surface area (Å²) in [7, 11) is 0. The molecule has 0 saturated carbocycles. The number of carbonyl (C=O) groups is 1. The molecule has 178 valence electrons. The normalized spacial score (nSPS) is 20.2. The highest BCUT2D eigenvalue weighted by Gasteiger charge is 2.40. The molecule has 0 spiro atoms. The number of halogens is 1. The number of amides is 1. The number of ether oxygens (including phenoxy) is 1. The highest BCUT2D eigenvalue weighted by molar-refractivity contribution is 5.98. The van der Waals surface area contributed by atoms with Gasteiger partial charge in [-0.25, -0.2) is 14.4 Å². The summed E-state index contributed by atoms with van der Waals surface area (Å²) in [6.45, 7) is 4.10. The Morgan fingerprint density at radius 1 is 1.09 bits per heavy atom. The number of aromatic nitrogens is 5. The van der Waals surface area contributed by atoms with E-state index in [1.54, 1.807) is 24.7 Å². The Bertz CT molecular complexity index is 1390. The van der Waals surface area contributed by atoms with Gasteiger partial charge in [0, 0.05) is 24.7 Å². The fourth-order valence-corrected chi connectivity index (χ4v) is 4.95. The maximum absolute atomic E-state index is 14.0. The van der Waals surface area contributed by atoms with E-state index in [1.807, 2.05) is 30.0 Å². The molecule has 2 aliphatic heterocycles. The van der Waals surface area contributed by atoms with E-state index in [1.165, 1.54) is 16.9 Å². The third kappa shape index (κ3) is 3.99. The predicted octanol–water partition coefficient (Wildman–Crippen LogP) is 2.78. The van der Waals surface area contributed by atoms with Crippen LogP contribution in [0.25, 0.3) is 16.6 Å². The molecule has 35 heavy (non-hydrogen) atoms. The van der Waals surface area contributed by atoms with Crippen molar-refractivity contribution in [3.8, 4) is 5.69 Å². The summed E-state index contributed by atoms with van der Waals surface area (Å²) >= 11 is 0. The van der Waals surface area contributed by atoms with Gasteiger partial charge < -0.3 is 14.5 Å². The predicted molar refractivity (Wildman–Crippen MR) is 127 cm³/mol. The fraction of sp³-hybridized carbons (Fsp3) is 0.320. The van der Waals surface area contributed by atoms with E-state index in [4.69, 9.17) is 4.74 Å². The summed E-state index contributed by atoms with van der Waals surface area (Å²) in [6, 6.07) is 9.97. The molecule has 2 aromatic heterocycles. The first-order valence-corrected chi connectivity index (χ1v) is 11.6. The Hall–Kier alpha value is -3.92. The van der Waals surface area contributed by atoms with E-state index in [2.05, 4.69) is 25.1 Å². The van der Waals surface area contributed by atoms with Crippen molar-refractivity contribution in [2.24, 2.45) is 0 Å². The van der Waals surface area contributed by atoms with Gasteiger partial charge in [-0.2, -0.15) is 15.0 Å². The highest BCUT2D eigenvalue weighted by atomic mass is 19.1. The second kappa shape index (κ2) is 8.70. The van der Waals surface area contributed by atoms with Crippen molar-refractivity contribution in [3.63, 3.8) is 0 Å². The summed E-state index contributed by atoms with van der Waals surface area (Å²) in [5.74, 6) is 0.196. The first kappa shape index (κ1) is 21.6. The van der Waals surface area contributed by atoms with Gasteiger partial charge in [0.15, 0.2) is 0 Å². The number of nitrogens with zero attached hydrogens (tertiary/aromatic N) is 7. The van der Waals surface area contributed by atoms with Crippen LogP contribution in [-0.4, -0.2) is 74.2 Å². The minimum Gasteiger partial charge on any atom is -0.377 e. The Labute approximate surface area is 201 Å². The zero-order valence-corrected chi connectivity index (χ0v) is 19.2. The van der Waals surface area contributed by atoms with Gasteiger partial charge in [0.1, 0.15) is 5.82 Å². The average Bonchev–Trinajstić information content (AvgIpc) is 3.37. The molecule has 6 rings (SSSR count). The van der Waals surface area contributed by atoms with Crippen molar-refractivity contribution in [3.05, 3.63) is 71.9 Å². The van der Waals surface area contributed by atoms with Gasteiger partial charge in [0.25, 0.3) is 5.91 Å². The molecule has 4 aromatic rings. The number of morpholine rings is 1.